The average molecular weight is 481 g/mol. The van der Waals surface area contributed by atoms with E-state index in [1.807, 2.05) is 43.3 Å². The first-order chi connectivity index (χ1) is 16.5. The molecule has 1 aromatic heterocycles. The van der Waals surface area contributed by atoms with Gasteiger partial charge >= 0.3 is 0 Å². The Hall–Kier alpha value is -2.52. The zero-order valence-corrected chi connectivity index (χ0v) is 20.6. The highest BCUT2D eigenvalue weighted by atomic mass is 32.1. The van der Waals surface area contributed by atoms with Crippen molar-refractivity contribution in [3.8, 4) is 5.75 Å². The van der Waals surface area contributed by atoms with Crippen molar-refractivity contribution in [1.82, 2.24) is 14.8 Å². The van der Waals surface area contributed by atoms with Gasteiger partial charge in [0.15, 0.2) is 6.10 Å². The smallest absolute Gasteiger partial charge is 0.157 e. The van der Waals surface area contributed by atoms with E-state index in [0.29, 0.717) is 12.6 Å². The fourth-order valence-corrected chi connectivity index (χ4v) is 5.54. The zero-order chi connectivity index (χ0) is 23.5. The van der Waals surface area contributed by atoms with Crippen LogP contribution in [0.3, 0.4) is 0 Å². The fourth-order valence-electron chi connectivity index (χ4n) is 4.73. The molecule has 0 amide bonds. The summed E-state index contributed by atoms with van der Waals surface area (Å²) in [6.45, 7) is 8.75. The van der Waals surface area contributed by atoms with Crippen molar-refractivity contribution >= 4 is 27.3 Å². The first-order valence-electron chi connectivity index (χ1n) is 11.9. The summed E-state index contributed by atoms with van der Waals surface area (Å²) in [6, 6.07) is 16.6. The first-order valence-corrected chi connectivity index (χ1v) is 12.8. The van der Waals surface area contributed by atoms with Gasteiger partial charge in [-0.2, -0.15) is 0 Å². The van der Waals surface area contributed by atoms with Gasteiger partial charge in [-0.05, 0) is 31.5 Å². The van der Waals surface area contributed by atoms with Crippen LogP contribution in [-0.4, -0.2) is 77.1 Å². The van der Waals surface area contributed by atoms with Crippen LogP contribution in [-0.2, 0) is 4.84 Å². The Balaban J connectivity index is 1.05. The topological polar surface area (TPSA) is 70.4 Å². The molecule has 1 unspecified atom stereocenters. The van der Waals surface area contributed by atoms with E-state index < -0.39 is 6.10 Å². The fraction of sp³-hybridized carbons (Fsp3) is 0.462. The molecule has 3 aromatic rings. The highest BCUT2D eigenvalue weighted by Crippen LogP contribution is 2.28. The number of piperazine rings is 1. The highest BCUT2D eigenvalue weighted by Gasteiger charge is 2.29. The minimum atomic E-state index is -0.536. The molecular weight excluding hydrogens is 448 g/mol. The number of aliphatic hydroxyl groups excluding tert-OH is 1. The molecule has 0 bridgehead atoms. The molecule has 1 fully saturated rings. The molecule has 2 aromatic carbocycles. The monoisotopic (exact) mass is 480 g/mol. The number of nitrogens with zero attached hydrogens (tertiary/aromatic N) is 4. The molecule has 0 aliphatic carbocycles. The van der Waals surface area contributed by atoms with Gasteiger partial charge in [0.1, 0.15) is 18.5 Å². The molecule has 7 nitrogen and oxygen atoms in total. The SMILES string of the molecule is Cc1nc2cc(OC[C@H](O)CN3CCN(CC4=NOC(c5ccccc5)C4)[C@@H](C)C3)ccc2s1. The lowest BCUT2D eigenvalue weighted by atomic mass is 10.0. The second-order valence-corrected chi connectivity index (χ2v) is 10.5. The summed E-state index contributed by atoms with van der Waals surface area (Å²) in [7, 11) is 0. The van der Waals surface area contributed by atoms with Gasteiger partial charge in [-0.1, -0.05) is 35.5 Å². The van der Waals surface area contributed by atoms with Crippen molar-refractivity contribution in [2.75, 3.05) is 39.3 Å². The quantitative estimate of drug-likeness (QED) is 0.528. The third kappa shape index (κ3) is 5.58. The zero-order valence-electron chi connectivity index (χ0n) is 19.8. The Morgan fingerprint density at radius 2 is 2.06 bits per heavy atom. The van der Waals surface area contributed by atoms with Crippen molar-refractivity contribution in [3.05, 3.63) is 59.1 Å². The van der Waals surface area contributed by atoms with Crippen LogP contribution in [0.2, 0.25) is 0 Å². The molecule has 8 heteroatoms. The molecule has 0 spiro atoms. The van der Waals surface area contributed by atoms with Crippen LogP contribution in [0.25, 0.3) is 10.2 Å². The van der Waals surface area contributed by atoms with E-state index in [1.165, 1.54) is 5.56 Å². The number of aromatic nitrogens is 1. The summed E-state index contributed by atoms with van der Waals surface area (Å²) in [5, 5.41) is 16.0. The lowest BCUT2D eigenvalue weighted by Crippen LogP contribution is -2.54. The van der Waals surface area contributed by atoms with E-state index in [0.717, 1.165) is 59.3 Å². The van der Waals surface area contributed by atoms with Gasteiger partial charge in [-0.25, -0.2) is 4.98 Å². The normalized spacial score (nSPS) is 22.5. The Kier molecular flexibility index (Phi) is 7.10. The maximum atomic E-state index is 10.6. The number of hydrogen-bond donors (Lipinski definition) is 1. The number of thiazole rings is 1. The van der Waals surface area contributed by atoms with Gasteiger partial charge in [0.05, 0.1) is 20.9 Å². The van der Waals surface area contributed by atoms with Gasteiger partial charge in [-0.15, -0.1) is 11.3 Å². The molecule has 0 saturated carbocycles. The summed E-state index contributed by atoms with van der Waals surface area (Å²) >= 11 is 1.68. The first kappa shape index (κ1) is 23.2. The van der Waals surface area contributed by atoms with Gasteiger partial charge in [0.2, 0.25) is 0 Å². The van der Waals surface area contributed by atoms with Crippen molar-refractivity contribution < 1.29 is 14.7 Å². The highest BCUT2D eigenvalue weighted by molar-refractivity contribution is 7.18. The van der Waals surface area contributed by atoms with Gasteiger partial charge in [0, 0.05) is 51.3 Å². The summed E-state index contributed by atoms with van der Waals surface area (Å²) in [5.41, 5.74) is 3.23. The second-order valence-electron chi connectivity index (χ2n) is 9.27. The van der Waals surface area contributed by atoms with Gasteiger partial charge in [-0.3, -0.25) is 9.80 Å². The third-order valence-electron chi connectivity index (χ3n) is 6.51. The third-order valence-corrected chi connectivity index (χ3v) is 7.47. The molecule has 1 saturated heterocycles. The summed E-state index contributed by atoms with van der Waals surface area (Å²) in [4.78, 5) is 15.0. The predicted octanol–water partition coefficient (Wildman–Crippen LogP) is 3.87. The molecule has 2 aliphatic heterocycles. The molecule has 2 aliphatic rings. The minimum absolute atomic E-state index is 0.0307. The number of oxime groups is 1. The van der Waals surface area contributed by atoms with Crippen LogP contribution in [0.5, 0.6) is 5.75 Å². The van der Waals surface area contributed by atoms with Crippen molar-refractivity contribution in [1.29, 1.82) is 0 Å². The number of rotatable bonds is 8. The van der Waals surface area contributed by atoms with E-state index in [1.54, 1.807) is 11.3 Å². The Labute approximate surface area is 204 Å². The number of aryl methyl sites for hydroxylation is 1. The van der Waals surface area contributed by atoms with Gasteiger partial charge in [0.25, 0.3) is 0 Å². The number of ether oxygens (including phenoxy) is 1. The van der Waals surface area contributed by atoms with Crippen LogP contribution in [0.4, 0.5) is 0 Å². The van der Waals surface area contributed by atoms with E-state index >= 15 is 0 Å². The van der Waals surface area contributed by atoms with Crippen LogP contribution in [0.15, 0.2) is 53.7 Å². The molecule has 3 heterocycles. The molecule has 1 N–H and O–H groups in total. The van der Waals surface area contributed by atoms with Crippen LogP contribution in [0.1, 0.15) is 30.0 Å². The summed E-state index contributed by atoms with van der Waals surface area (Å²) in [6.07, 6.45) is 0.341. The number of β-amino-alcohol motifs (C(OH)–C–C–N with tert-alkyl or cyclic N) is 1. The maximum absolute atomic E-state index is 10.6. The lowest BCUT2D eigenvalue weighted by molar-refractivity contribution is 0.0326. The van der Waals surface area contributed by atoms with Crippen molar-refractivity contribution in [3.63, 3.8) is 0 Å². The van der Waals surface area contributed by atoms with E-state index in [-0.39, 0.29) is 12.7 Å². The number of aliphatic hydroxyl groups is 1. The Morgan fingerprint density at radius 1 is 1.21 bits per heavy atom. The standard InChI is InChI=1S/C26H32N4O3S/c1-18-14-29(16-22(31)17-32-23-8-9-26-24(13-23)27-19(2)34-26)10-11-30(18)15-21-12-25(33-28-21)20-6-4-3-5-7-20/h3-9,13,18,22,25,31H,10-12,14-17H2,1-2H3/t18-,22+,25?/m0/s1. The van der Waals surface area contributed by atoms with E-state index in [2.05, 4.69) is 39.0 Å². The molecule has 5 rings (SSSR count). The van der Waals surface area contributed by atoms with Crippen molar-refractivity contribution in [2.45, 2.75) is 38.5 Å². The van der Waals surface area contributed by atoms with Crippen molar-refractivity contribution in [2.24, 2.45) is 5.16 Å². The van der Waals surface area contributed by atoms with E-state index in [9.17, 15) is 5.11 Å². The average Bonchev–Trinajstić information content (AvgIpc) is 3.45. The number of hydrogen-bond acceptors (Lipinski definition) is 8. The maximum Gasteiger partial charge on any atom is 0.157 e. The molecule has 0 radical (unpaired) electrons. The lowest BCUT2D eigenvalue weighted by Gasteiger charge is -2.40. The van der Waals surface area contributed by atoms with Gasteiger partial charge < -0.3 is 14.7 Å². The molecule has 180 valence electrons. The Bertz CT molecular complexity index is 1140. The number of benzene rings is 2. The predicted molar refractivity (Wildman–Crippen MR) is 136 cm³/mol. The minimum Gasteiger partial charge on any atom is -0.491 e. The van der Waals surface area contributed by atoms with Crippen LogP contribution in [0, 0.1) is 6.92 Å². The molecular formula is C26H32N4O3S. The van der Waals surface area contributed by atoms with Crippen LogP contribution >= 0.6 is 11.3 Å². The number of fused-ring (bicyclic) bond motifs is 1. The largest absolute Gasteiger partial charge is 0.491 e. The summed E-state index contributed by atoms with van der Waals surface area (Å²) in [5.74, 6) is 0.753. The Morgan fingerprint density at radius 3 is 2.88 bits per heavy atom. The summed E-state index contributed by atoms with van der Waals surface area (Å²) < 4.78 is 7.01. The molecule has 3 atom stereocenters. The van der Waals surface area contributed by atoms with Crippen LogP contribution < -0.4 is 4.74 Å². The van der Waals surface area contributed by atoms with E-state index in [4.69, 9.17) is 9.57 Å². The second kappa shape index (κ2) is 10.4. The molecule has 34 heavy (non-hydrogen) atoms.